The number of hydrogen-bond donors (Lipinski definition) is 3. The first-order valence-electron chi connectivity index (χ1n) is 8.65. The predicted molar refractivity (Wildman–Crippen MR) is 111 cm³/mol. The second-order valence-electron chi connectivity index (χ2n) is 6.23. The molecule has 5 heteroatoms. The molecule has 0 aliphatic carbocycles. The normalized spacial score (nSPS) is 11.9. The Morgan fingerprint density at radius 3 is 2.44 bits per heavy atom. The summed E-state index contributed by atoms with van der Waals surface area (Å²) in [5.41, 5.74) is 3.45. The molecule has 0 fully saturated rings. The van der Waals surface area contributed by atoms with Gasteiger partial charge in [-0.25, -0.2) is 0 Å². The van der Waals surface area contributed by atoms with Crippen molar-refractivity contribution >= 4 is 39.8 Å². The van der Waals surface area contributed by atoms with Crippen LogP contribution in [0.3, 0.4) is 0 Å². The number of para-hydroxylation sites is 1. The monoisotopic (exact) mass is 375 g/mol. The zero-order valence-electron chi connectivity index (χ0n) is 14.4. The molecule has 0 spiro atoms. The van der Waals surface area contributed by atoms with Gasteiger partial charge in [0, 0.05) is 27.8 Å². The lowest BCUT2D eigenvalue weighted by atomic mass is 10.1. The Balaban J connectivity index is 1.65. The molecule has 1 atom stereocenters. The Bertz CT molecular complexity index is 1060. The van der Waals surface area contributed by atoms with Gasteiger partial charge in [0.15, 0.2) is 0 Å². The van der Waals surface area contributed by atoms with Crippen LogP contribution in [0.25, 0.3) is 10.9 Å². The Kier molecular flexibility index (Phi) is 4.81. The third kappa shape index (κ3) is 3.81. The van der Waals surface area contributed by atoms with Gasteiger partial charge in [0.05, 0.1) is 5.69 Å². The van der Waals surface area contributed by atoms with Gasteiger partial charge in [-0.05, 0) is 48.0 Å². The molecular weight excluding hydrogens is 358 g/mol. The largest absolute Gasteiger partial charge is 0.370 e. The van der Waals surface area contributed by atoms with E-state index in [-0.39, 0.29) is 5.91 Å². The van der Waals surface area contributed by atoms with E-state index in [1.54, 1.807) is 12.1 Å². The molecule has 0 bridgehead atoms. The van der Waals surface area contributed by atoms with Crippen molar-refractivity contribution in [2.45, 2.75) is 6.04 Å². The van der Waals surface area contributed by atoms with Crippen molar-refractivity contribution in [2.75, 3.05) is 10.6 Å². The summed E-state index contributed by atoms with van der Waals surface area (Å²) in [5.74, 6) is -0.144. The van der Waals surface area contributed by atoms with E-state index in [1.807, 2.05) is 72.9 Å². The summed E-state index contributed by atoms with van der Waals surface area (Å²) in [6, 6.07) is 24.1. The molecule has 3 N–H and O–H groups in total. The van der Waals surface area contributed by atoms with Crippen LogP contribution in [0.1, 0.15) is 11.6 Å². The zero-order chi connectivity index (χ0) is 18.6. The van der Waals surface area contributed by atoms with E-state index >= 15 is 0 Å². The first-order chi connectivity index (χ1) is 13.2. The van der Waals surface area contributed by atoms with E-state index in [4.69, 9.17) is 11.6 Å². The molecule has 0 radical (unpaired) electrons. The molecule has 4 nitrogen and oxygen atoms in total. The number of carbonyl (C=O) groups is 1. The number of aromatic amines is 1. The van der Waals surface area contributed by atoms with Crippen LogP contribution in [0.5, 0.6) is 0 Å². The fourth-order valence-electron chi connectivity index (χ4n) is 3.06. The highest BCUT2D eigenvalue weighted by molar-refractivity contribution is 6.30. The van der Waals surface area contributed by atoms with Crippen LogP contribution in [-0.4, -0.2) is 10.9 Å². The average molecular weight is 376 g/mol. The van der Waals surface area contributed by atoms with E-state index in [0.717, 1.165) is 27.8 Å². The third-order valence-corrected chi connectivity index (χ3v) is 4.66. The first-order valence-corrected chi connectivity index (χ1v) is 9.02. The fourth-order valence-corrected chi connectivity index (χ4v) is 3.18. The van der Waals surface area contributed by atoms with Gasteiger partial charge < -0.3 is 15.6 Å². The Morgan fingerprint density at radius 1 is 0.889 bits per heavy atom. The molecule has 1 unspecified atom stereocenters. The Hall–Kier alpha value is -3.24. The molecule has 1 heterocycles. The standard InChI is InChI=1S/C22H18ClN3O/c23-16-11-9-15(10-12-16)21(25-17-5-2-1-3-6-17)22(27)26-20-8-4-7-19-18(20)13-14-24-19/h1-14,21,24-25H,(H,26,27). The molecular formula is C22H18ClN3O. The van der Waals surface area contributed by atoms with Gasteiger partial charge in [0.25, 0.3) is 5.91 Å². The van der Waals surface area contributed by atoms with Crippen LogP contribution in [0, 0.1) is 0 Å². The number of halogens is 1. The van der Waals surface area contributed by atoms with E-state index in [1.165, 1.54) is 0 Å². The summed E-state index contributed by atoms with van der Waals surface area (Å²) in [7, 11) is 0. The smallest absolute Gasteiger partial charge is 0.251 e. The van der Waals surface area contributed by atoms with Crippen molar-refractivity contribution in [3.63, 3.8) is 0 Å². The highest BCUT2D eigenvalue weighted by atomic mass is 35.5. The van der Waals surface area contributed by atoms with E-state index in [0.29, 0.717) is 5.02 Å². The van der Waals surface area contributed by atoms with Gasteiger partial charge in [-0.2, -0.15) is 0 Å². The molecule has 0 aliphatic rings. The van der Waals surface area contributed by atoms with Crippen molar-refractivity contribution < 1.29 is 4.79 Å². The second-order valence-corrected chi connectivity index (χ2v) is 6.67. The molecule has 3 aromatic carbocycles. The van der Waals surface area contributed by atoms with Crippen LogP contribution in [0.4, 0.5) is 11.4 Å². The molecule has 27 heavy (non-hydrogen) atoms. The number of nitrogens with one attached hydrogen (secondary N) is 3. The summed E-state index contributed by atoms with van der Waals surface area (Å²) >= 11 is 6.01. The summed E-state index contributed by atoms with van der Waals surface area (Å²) in [4.78, 5) is 16.3. The minimum absolute atomic E-state index is 0.144. The number of benzene rings is 3. The maximum absolute atomic E-state index is 13.2. The number of fused-ring (bicyclic) bond motifs is 1. The van der Waals surface area contributed by atoms with Gasteiger partial charge in [-0.15, -0.1) is 0 Å². The lowest BCUT2D eigenvalue weighted by Gasteiger charge is -2.20. The summed E-state index contributed by atoms with van der Waals surface area (Å²) in [5, 5.41) is 7.97. The molecule has 4 rings (SSSR count). The number of hydrogen-bond acceptors (Lipinski definition) is 2. The minimum atomic E-state index is -0.557. The third-order valence-electron chi connectivity index (χ3n) is 4.40. The highest BCUT2D eigenvalue weighted by Crippen LogP contribution is 2.26. The quantitative estimate of drug-likeness (QED) is 0.424. The van der Waals surface area contributed by atoms with Gasteiger partial charge in [0.2, 0.25) is 0 Å². The molecule has 0 saturated heterocycles. The van der Waals surface area contributed by atoms with E-state index in [2.05, 4.69) is 15.6 Å². The van der Waals surface area contributed by atoms with E-state index < -0.39 is 6.04 Å². The molecule has 0 aliphatic heterocycles. The van der Waals surface area contributed by atoms with Crippen LogP contribution >= 0.6 is 11.6 Å². The maximum atomic E-state index is 13.2. The molecule has 134 valence electrons. The molecule has 1 amide bonds. The van der Waals surface area contributed by atoms with Crippen molar-refractivity contribution in [3.05, 3.63) is 95.6 Å². The lowest BCUT2D eigenvalue weighted by Crippen LogP contribution is -2.27. The Morgan fingerprint density at radius 2 is 1.67 bits per heavy atom. The number of rotatable bonds is 5. The predicted octanol–water partition coefficient (Wildman–Crippen LogP) is 5.61. The van der Waals surface area contributed by atoms with Crippen LogP contribution in [-0.2, 0) is 4.79 Å². The molecule has 1 aromatic heterocycles. The van der Waals surface area contributed by atoms with Gasteiger partial charge in [-0.1, -0.05) is 48.0 Å². The van der Waals surface area contributed by atoms with Crippen molar-refractivity contribution in [1.29, 1.82) is 0 Å². The topological polar surface area (TPSA) is 56.9 Å². The zero-order valence-corrected chi connectivity index (χ0v) is 15.2. The van der Waals surface area contributed by atoms with Gasteiger partial charge in [-0.3, -0.25) is 4.79 Å². The van der Waals surface area contributed by atoms with Gasteiger partial charge >= 0.3 is 0 Å². The maximum Gasteiger partial charge on any atom is 0.251 e. The summed E-state index contributed by atoms with van der Waals surface area (Å²) in [6.07, 6.45) is 1.86. The number of carbonyl (C=O) groups excluding carboxylic acids is 1. The van der Waals surface area contributed by atoms with Crippen LogP contribution in [0.2, 0.25) is 5.02 Å². The molecule has 0 saturated carbocycles. The lowest BCUT2D eigenvalue weighted by molar-refractivity contribution is -0.117. The SMILES string of the molecule is O=C(Nc1cccc2[nH]ccc12)C(Nc1ccccc1)c1ccc(Cl)cc1. The number of aromatic nitrogens is 1. The van der Waals surface area contributed by atoms with Gasteiger partial charge in [0.1, 0.15) is 6.04 Å². The Labute approximate surface area is 162 Å². The minimum Gasteiger partial charge on any atom is -0.370 e. The van der Waals surface area contributed by atoms with Crippen molar-refractivity contribution in [1.82, 2.24) is 4.98 Å². The fraction of sp³-hybridized carbons (Fsp3) is 0.0455. The van der Waals surface area contributed by atoms with Crippen LogP contribution in [0.15, 0.2) is 85.1 Å². The first kappa shape index (κ1) is 17.2. The van der Waals surface area contributed by atoms with Crippen molar-refractivity contribution in [2.24, 2.45) is 0 Å². The number of H-pyrrole nitrogens is 1. The number of amides is 1. The number of anilines is 2. The summed E-state index contributed by atoms with van der Waals surface area (Å²) in [6.45, 7) is 0. The van der Waals surface area contributed by atoms with Crippen LogP contribution < -0.4 is 10.6 Å². The van der Waals surface area contributed by atoms with Crippen molar-refractivity contribution in [3.8, 4) is 0 Å². The summed E-state index contributed by atoms with van der Waals surface area (Å²) < 4.78 is 0. The molecule has 4 aromatic rings. The van der Waals surface area contributed by atoms with E-state index in [9.17, 15) is 4.79 Å². The highest BCUT2D eigenvalue weighted by Gasteiger charge is 2.21. The second kappa shape index (κ2) is 7.56. The average Bonchev–Trinajstić information content (AvgIpc) is 3.18.